The molecule has 4 nitrogen and oxygen atoms in total. The van der Waals surface area contributed by atoms with Crippen LogP contribution in [0.4, 0.5) is 0 Å². The van der Waals surface area contributed by atoms with Gasteiger partial charge in [-0.1, -0.05) is 0 Å². The Hall–Kier alpha value is -0.980. The monoisotopic (exact) mass is 371 g/mol. The highest BCUT2D eigenvalue weighted by molar-refractivity contribution is 9.11. The van der Waals surface area contributed by atoms with E-state index >= 15 is 0 Å². The van der Waals surface area contributed by atoms with Crippen LogP contribution in [0, 0.1) is 0 Å². The predicted octanol–water partition coefficient (Wildman–Crippen LogP) is 3.00. The van der Waals surface area contributed by atoms with Crippen LogP contribution in [0.5, 0.6) is 5.75 Å². The molecule has 1 aromatic carbocycles. The first-order valence-corrected chi connectivity index (χ1v) is 6.89. The number of halogens is 2. The van der Waals surface area contributed by atoms with Crippen LogP contribution >= 0.6 is 31.9 Å². The summed E-state index contributed by atoms with van der Waals surface area (Å²) >= 11 is 6.61. The Balaban J connectivity index is 1.95. The van der Waals surface area contributed by atoms with Gasteiger partial charge in [0.25, 0.3) is 0 Å². The predicted molar refractivity (Wildman–Crippen MR) is 76.1 cm³/mol. The normalized spacial score (nSPS) is 10.6. The standard InChI is InChI=1S/C12H11Br2N3O/c13-10-4-8(5-11(14)12(10)18)6-15-7-9-2-1-3-16-17-9/h1-5,15,18H,6-7H2. The minimum absolute atomic E-state index is 0.215. The molecular weight excluding hydrogens is 362 g/mol. The maximum Gasteiger partial charge on any atom is 0.143 e. The summed E-state index contributed by atoms with van der Waals surface area (Å²) in [4.78, 5) is 0. The van der Waals surface area contributed by atoms with Crippen LogP contribution in [0.15, 0.2) is 39.4 Å². The van der Waals surface area contributed by atoms with Crippen molar-refractivity contribution in [1.82, 2.24) is 15.5 Å². The van der Waals surface area contributed by atoms with Crippen LogP contribution in [0.1, 0.15) is 11.3 Å². The van der Waals surface area contributed by atoms with E-state index in [-0.39, 0.29) is 5.75 Å². The van der Waals surface area contributed by atoms with Gasteiger partial charge in [0, 0.05) is 19.3 Å². The second-order valence-corrected chi connectivity index (χ2v) is 5.44. The Morgan fingerprint density at radius 3 is 2.50 bits per heavy atom. The van der Waals surface area contributed by atoms with E-state index in [0.29, 0.717) is 22.0 Å². The zero-order valence-corrected chi connectivity index (χ0v) is 12.6. The fourth-order valence-corrected chi connectivity index (χ4v) is 2.76. The fourth-order valence-electron chi connectivity index (χ4n) is 1.48. The Bertz CT molecular complexity index is 511. The van der Waals surface area contributed by atoms with Gasteiger partial charge in [0.15, 0.2) is 0 Å². The molecule has 2 rings (SSSR count). The van der Waals surface area contributed by atoms with E-state index in [4.69, 9.17) is 0 Å². The summed E-state index contributed by atoms with van der Waals surface area (Å²) < 4.78 is 1.35. The van der Waals surface area contributed by atoms with Crippen molar-refractivity contribution < 1.29 is 5.11 Å². The van der Waals surface area contributed by atoms with E-state index in [0.717, 1.165) is 11.3 Å². The van der Waals surface area contributed by atoms with Gasteiger partial charge >= 0.3 is 0 Å². The van der Waals surface area contributed by atoms with Crippen molar-refractivity contribution in [3.63, 3.8) is 0 Å². The van der Waals surface area contributed by atoms with Gasteiger partial charge in [-0.3, -0.25) is 0 Å². The third-order valence-corrected chi connectivity index (χ3v) is 3.55. The zero-order valence-electron chi connectivity index (χ0n) is 9.40. The average Bonchev–Trinajstić information content (AvgIpc) is 2.37. The molecule has 0 saturated carbocycles. The van der Waals surface area contributed by atoms with E-state index in [2.05, 4.69) is 47.4 Å². The van der Waals surface area contributed by atoms with Gasteiger partial charge in [0.1, 0.15) is 5.75 Å². The van der Waals surface area contributed by atoms with Crippen molar-refractivity contribution in [2.75, 3.05) is 0 Å². The molecule has 18 heavy (non-hydrogen) atoms. The minimum atomic E-state index is 0.215. The van der Waals surface area contributed by atoms with Crippen LogP contribution in [0.3, 0.4) is 0 Å². The van der Waals surface area contributed by atoms with Crippen LogP contribution in [-0.4, -0.2) is 15.3 Å². The summed E-state index contributed by atoms with van der Waals surface area (Å²) in [7, 11) is 0. The number of nitrogens with zero attached hydrogens (tertiary/aromatic N) is 2. The van der Waals surface area contributed by atoms with E-state index in [1.807, 2.05) is 24.3 Å². The Labute approximate surface area is 122 Å². The summed E-state index contributed by atoms with van der Waals surface area (Å²) in [6.45, 7) is 1.35. The molecule has 6 heteroatoms. The molecular formula is C12H11Br2N3O. The maximum absolute atomic E-state index is 9.60. The molecule has 94 valence electrons. The molecule has 0 radical (unpaired) electrons. The van der Waals surface area contributed by atoms with Gasteiger partial charge in [0.05, 0.1) is 14.6 Å². The SMILES string of the molecule is Oc1c(Br)cc(CNCc2cccnn2)cc1Br. The molecule has 2 N–H and O–H groups in total. The Kier molecular flexibility index (Phi) is 4.68. The number of hydrogen-bond acceptors (Lipinski definition) is 4. The van der Waals surface area contributed by atoms with Gasteiger partial charge in [-0.15, -0.1) is 0 Å². The number of aromatic nitrogens is 2. The van der Waals surface area contributed by atoms with Crippen molar-refractivity contribution >= 4 is 31.9 Å². The van der Waals surface area contributed by atoms with Crippen molar-refractivity contribution in [2.45, 2.75) is 13.1 Å². The first kappa shape index (κ1) is 13.5. The maximum atomic E-state index is 9.60. The molecule has 0 atom stereocenters. The van der Waals surface area contributed by atoms with Crippen molar-refractivity contribution in [3.05, 3.63) is 50.7 Å². The second-order valence-electron chi connectivity index (χ2n) is 3.73. The quantitative estimate of drug-likeness (QED) is 0.866. The molecule has 0 saturated heterocycles. The molecule has 0 aliphatic rings. The molecule has 1 heterocycles. The lowest BCUT2D eigenvalue weighted by molar-refractivity contribution is 0.468. The van der Waals surface area contributed by atoms with Gasteiger partial charge in [0.2, 0.25) is 0 Å². The first-order chi connectivity index (χ1) is 8.66. The molecule has 2 aromatic rings. The third-order valence-electron chi connectivity index (χ3n) is 2.34. The second kappa shape index (κ2) is 6.26. The number of rotatable bonds is 4. The summed E-state index contributed by atoms with van der Waals surface area (Å²) in [5.41, 5.74) is 1.96. The van der Waals surface area contributed by atoms with E-state index in [9.17, 15) is 5.11 Å². The molecule has 0 unspecified atom stereocenters. The highest BCUT2D eigenvalue weighted by Gasteiger charge is 2.05. The fraction of sp³-hybridized carbons (Fsp3) is 0.167. The topological polar surface area (TPSA) is 58.0 Å². The number of phenolic OH excluding ortho intramolecular Hbond substituents is 1. The molecule has 0 spiro atoms. The lowest BCUT2D eigenvalue weighted by Crippen LogP contribution is -2.13. The van der Waals surface area contributed by atoms with Gasteiger partial charge in [-0.05, 0) is 61.7 Å². The number of benzene rings is 1. The Morgan fingerprint density at radius 1 is 1.17 bits per heavy atom. The molecule has 0 aliphatic heterocycles. The molecule has 1 aromatic heterocycles. The zero-order chi connectivity index (χ0) is 13.0. The molecule has 0 aliphatic carbocycles. The van der Waals surface area contributed by atoms with Crippen molar-refractivity contribution in [2.24, 2.45) is 0 Å². The molecule has 0 bridgehead atoms. The van der Waals surface area contributed by atoms with Crippen molar-refractivity contribution in [3.8, 4) is 5.75 Å². The first-order valence-electron chi connectivity index (χ1n) is 5.31. The van der Waals surface area contributed by atoms with Crippen LogP contribution < -0.4 is 5.32 Å². The van der Waals surface area contributed by atoms with Crippen LogP contribution in [0.25, 0.3) is 0 Å². The summed E-state index contributed by atoms with van der Waals surface area (Å²) in [5.74, 6) is 0.215. The molecule has 0 fully saturated rings. The smallest absolute Gasteiger partial charge is 0.143 e. The summed E-state index contributed by atoms with van der Waals surface area (Å²) in [6.07, 6.45) is 1.65. The average molecular weight is 373 g/mol. The molecule has 0 amide bonds. The minimum Gasteiger partial charge on any atom is -0.506 e. The number of hydrogen-bond donors (Lipinski definition) is 2. The lowest BCUT2D eigenvalue weighted by Gasteiger charge is -2.07. The van der Waals surface area contributed by atoms with Gasteiger partial charge in [-0.2, -0.15) is 10.2 Å². The highest BCUT2D eigenvalue weighted by atomic mass is 79.9. The van der Waals surface area contributed by atoms with Gasteiger partial charge in [-0.25, -0.2) is 0 Å². The van der Waals surface area contributed by atoms with E-state index in [1.54, 1.807) is 6.20 Å². The van der Waals surface area contributed by atoms with Gasteiger partial charge < -0.3 is 10.4 Å². The lowest BCUT2D eigenvalue weighted by atomic mass is 10.2. The largest absolute Gasteiger partial charge is 0.506 e. The summed E-state index contributed by atoms with van der Waals surface area (Å²) in [6, 6.07) is 7.54. The van der Waals surface area contributed by atoms with E-state index in [1.165, 1.54) is 0 Å². The third kappa shape index (κ3) is 3.51. The van der Waals surface area contributed by atoms with Crippen LogP contribution in [0.2, 0.25) is 0 Å². The highest BCUT2D eigenvalue weighted by Crippen LogP contribution is 2.33. The van der Waals surface area contributed by atoms with Crippen LogP contribution in [-0.2, 0) is 13.1 Å². The number of nitrogens with one attached hydrogen (secondary N) is 1. The number of phenols is 1. The number of aromatic hydroxyl groups is 1. The summed E-state index contributed by atoms with van der Waals surface area (Å²) in [5, 5.41) is 20.7. The van der Waals surface area contributed by atoms with Crippen molar-refractivity contribution in [1.29, 1.82) is 0 Å². The Morgan fingerprint density at radius 2 is 1.89 bits per heavy atom. The van der Waals surface area contributed by atoms with E-state index < -0.39 is 0 Å².